The van der Waals surface area contributed by atoms with Crippen molar-refractivity contribution in [3.63, 3.8) is 0 Å². The van der Waals surface area contributed by atoms with E-state index < -0.39 is 0 Å². The molecule has 1 aliphatic carbocycles. The topological polar surface area (TPSA) is 50.1 Å². The van der Waals surface area contributed by atoms with Crippen LogP contribution < -0.4 is 15.8 Å². The predicted molar refractivity (Wildman–Crippen MR) is 133 cm³/mol. The minimum Gasteiger partial charge on any atom is -0.405 e. The summed E-state index contributed by atoms with van der Waals surface area (Å²) in [6.45, 7) is 10.5. The number of benzene rings is 2. The molecule has 0 spiro atoms. The molecule has 0 radical (unpaired) electrons. The Morgan fingerprint density at radius 3 is 2.37 bits per heavy atom. The first-order valence-electron chi connectivity index (χ1n) is 10.5. The van der Waals surface area contributed by atoms with Crippen molar-refractivity contribution in [1.82, 2.24) is 4.72 Å². The lowest BCUT2D eigenvalue weighted by molar-refractivity contribution is 0.560. The van der Waals surface area contributed by atoms with Gasteiger partial charge in [0.2, 0.25) is 0 Å². The lowest BCUT2D eigenvalue weighted by Gasteiger charge is -2.30. The van der Waals surface area contributed by atoms with E-state index >= 15 is 0 Å². The van der Waals surface area contributed by atoms with E-state index in [1.54, 1.807) is 18.1 Å². The first kappa shape index (κ1) is 22.3. The Balaban J connectivity index is 1.54. The summed E-state index contributed by atoms with van der Waals surface area (Å²) < 4.78 is 3.57. The van der Waals surface area contributed by atoms with Crippen LogP contribution in [0.25, 0.3) is 5.70 Å². The van der Waals surface area contributed by atoms with Gasteiger partial charge in [-0.25, -0.2) is 0 Å². The Labute approximate surface area is 185 Å². The van der Waals surface area contributed by atoms with E-state index in [1.807, 2.05) is 18.2 Å². The molecule has 0 bridgehead atoms. The van der Waals surface area contributed by atoms with Crippen molar-refractivity contribution in [1.29, 1.82) is 0 Å². The van der Waals surface area contributed by atoms with Crippen LogP contribution in [0, 0.1) is 0 Å². The molecule has 3 rings (SSSR count). The smallest absolute Gasteiger partial charge is 0.0449 e. The van der Waals surface area contributed by atoms with Crippen LogP contribution in [-0.4, -0.2) is 10.8 Å². The molecule has 0 amide bonds. The fraction of sp³-hybridized carbons (Fsp3) is 0.308. The molecule has 3 nitrogen and oxygen atoms in total. The SMILES string of the molecule is C=C(Nc1ccc(C2C=CC(SNC(C)(C)/C(C)=C/N)CC2)cc1)c1ccccc1. The van der Waals surface area contributed by atoms with Crippen molar-refractivity contribution in [3.8, 4) is 0 Å². The van der Waals surface area contributed by atoms with Gasteiger partial charge >= 0.3 is 0 Å². The van der Waals surface area contributed by atoms with Gasteiger partial charge in [-0.15, -0.1) is 0 Å². The van der Waals surface area contributed by atoms with Gasteiger partial charge in [-0.1, -0.05) is 73.1 Å². The quantitative estimate of drug-likeness (QED) is 0.340. The third-order valence-corrected chi connectivity index (χ3v) is 7.10. The van der Waals surface area contributed by atoms with E-state index in [4.69, 9.17) is 5.73 Å². The van der Waals surface area contributed by atoms with Crippen molar-refractivity contribution in [2.45, 2.75) is 50.3 Å². The van der Waals surface area contributed by atoms with Crippen molar-refractivity contribution >= 4 is 23.3 Å². The molecule has 4 N–H and O–H groups in total. The van der Waals surface area contributed by atoms with Gasteiger partial charge in [-0.2, -0.15) is 0 Å². The Bertz CT molecular complexity index is 898. The van der Waals surface area contributed by atoms with E-state index in [2.05, 4.69) is 85.9 Å². The number of allylic oxidation sites excluding steroid dienone is 1. The molecule has 158 valence electrons. The predicted octanol–water partition coefficient (Wildman–Crippen LogP) is 6.45. The number of nitrogens with one attached hydrogen (secondary N) is 2. The molecule has 2 atom stereocenters. The third kappa shape index (κ3) is 5.80. The van der Waals surface area contributed by atoms with E-state index in [9.17, 15) is 0 Å². The van der Waals surface area contributed by atoms with Gasteiger partial charge in [0.05, 0.1) is 0 Å². The van der Waals surface area contributed by atoms with Gasteiger partial charge in [0.15, 0.2) is 0 Å². The lowest BCUT2D eigenvalue weighted by Crippen LogP contribution is -2.37. The van der Waals surface area contributed by atoms with E-state index in [1.165, 1.54) is 5.56 Å². The van der Waals surface area contributed by atoms with E-state index in [-0.39, 0.29) is 5.54 Å². The van der Waals surface area contributed by atoms with Crippen LogP contribution in [0.3, 0.4) is 0 Å². The number of rotatable bonds is 8. The first-order chi connectivity index (χ1) is 14.4. The maximum Gasteiger partial charge on any atom is 0.0449 e. The van der Waals surface area contributed by atoms with E-state index in [0.717, 1.165) is 35.4 Å². The third-order valence-electron chi connectivity index (χ3n) is 5.78. The number of hydrogen-bond acceptors (Lipinski definition) is 4. The second-order valence-electron chi connectivity index (χ2n) is 8.39. The van der Waals surface area contributed by atoms with Crippen LogP contribution in [0.15, 0.2) is 85.1 Å². The summed E-state index contributed by atoms with van der Waals surface area (Å²) in [6, 6.07) is 18.9. The lowest BCUT2D eigenvalue weighted by atomic mass is 9.89. The van der Waals surface area contributed by atoms with E-state index in [0.29, 0.717) is 11.2 Å². The maximum absolute atomic E-state index is 5.68. The number of anilines is 1. The highest BCUT2D eigenvalue weighted by atomic mass is 32.2. The monoisotopic (exact) mass is 419 g/mol. The molecule has 2 aromatic rings. The Morgan fingerprint density at radius 1 is 1.07 bits per heavy atom. The van der Waals surface area contributed by atoms with Gasteiger partial charge in [0.1, 0.15) is 0 Å². The summed E-state index contributed by atoms with van der Waals surface area (Å²) >= 11 is 1.80. The zero-order valence-corrected chi connectivity index (χ0v) is 19.0. The van der Waals surface area contributed by atoms with Crippen molar-refractivity contribution in [2.75, 3.05) is 5.32 Å². The molecule has 0 saturated heterocycles. The molecule has 0 heterocycles. The largest absolute Gasteiger partial charge is 0.405 e. The minimum absolute atomic E-state index is 0.101. The molecule has 30 heavy (non-hydrogen) atoms. The molecule has 2 unspecified atom stereocenters. The Morgan fingerprint density at radius 2 is 1.77 bits per heavy atom. The average molecular weight is 420 g/mol. The van der Waals surface area contributed by atoms with Crippen LogP contribution in [0.4, 0.5) is 5.69 Å². The van der Waals surface area contributed by atoms with Gasteiger partial charge in [0, 0.05) is 28.1 Å². The summed E-state index contributed by atoms with van der Waals surface area (Å²) in [5, 5.41) is 3.89. The average Bonchev–Trinajstić information content (AvgIpc) is 2.78. The highest BCUT2D eigenvalue weighted by Crippen LogP contribution is 2.33. The van der Waals surface area contributed by atoms with Crippen LogP contribution >= 0.6 is 11.9 Å². The fourth-order valence-electron chi connectivity index (χ4n) is 3.38. The highest BCUT2D eigenvalue weighted by molar-refractivity contribution is 7.98. The van der Waals surface area contributed by atoms with Gasteiger partial charge in [0.25, 0.3) is 0 Å². The van der Waals surface area contributed by atoms with Crippen LogP contribution in [0.5, 0.6) is 0 Å². The normalized spacial score (nSPS) is 19.5. The zero-order valence-electron chi connectivity index (χ0n) is 18.2. The second-order valence-corrected chi connectivity index (χ2v) is 9.44. The second kappa shape index (κ2) is 10.1. The number of hydrogen-bond donors (Lipinski definition) is 3. The fourth-order valence-corrected chi connectivity index (χ4v) is 4.41. The first-order valence-corrected chi connectivity index (χ1v) is 11.4. The summed E-state index contributed by atoms with van der Waals surface area (Å²) in [5.41, 5.74) is 11.2. The molecule has 0 aromatic heterocycles. The molecule has 0 saturated carbocycles. The molecule has 2 aromatic carbocycles. The van der Waals surface area contributed by atoms with Crippen molar-refractivity contribution in [2.24, 2.45) is 5.73 Å². The van der Waals surface area contributed by atoms with Gasteiger partial charge < -0.3 is 11.1 Å². The standard InChI is InChI=1S/C26H33N3S/c1-19(18-27)26(3,4)29-30-25-16-12-23(13-17-25)22-10-14-24(15-11-22)28-20(2)21-8-6-5-7-9-21/h5-12,14-16,18,23,25,28-29H,2,13,17,27H2,1,3-4H3/b19-18+. The molecular formula is C26H33N3S. The molecule has 0 fully saturated rings. The maximum atomic E-state index is 5.68. The number of nitrogens with two attached hydrogens (primary N) is 1. The summed E-state index contributed by atoms with van der Waals surface area (Å²) in [6.07, 6.45) is 8.70. The Kier molecular flexibility index (Phi) is 7.46. The Hall–Kier alpha value is -2.43. The van der Waals surface area contributed by atoms with Crippen LogP contribution in [0.2, 0.25) is 0 Å². The molecular weight excluding hydrogens is 386 g/mol. The van der Waals surface area contributed by atoms with Gasteiger partial charge in [-0.3, -0.25) is 4.72 Å². The zero-order chi connectivity index (χ0) is 21.6. The van der Waals surface area contributed by atoms with Crippen molar-refractivity contribution < 1.29 is 0 Å². The summed E-state index contributed by atoms with van der Waals surface area (Å²) in [5.74, 6) is 0.479. The highest BCUT2D eigenvalue weighted by Gasteiger charge is 2.23. The molecule has 1 aliphatic rings. The van der Waals surface area contributed by atoms with Crippen LogP contribution in [0.1, 0.15) is 50.7 Å². The van der Waals surface area contributed by atoms with Crippen molar-refractivity contribution in [3.05, 3.63) is 96.2 Å². The summed E-state index contributed by atoms with van der Waals surface area (Å²) in [4.78, 5) is 0. The minimum atomic E-state index is -0.101. The van der Waals surface area contributed by atoms with Crippen LogP contribution in [-0.2, 0) is 0 Å². The molecule has 0 aliphatic heterocycles. The summed E-state index contributed by atoms with van der Waals surface area (Å²) in [7, 11) is 0. The van der Waals surface area contributed by atoms with Gasteiger partial charge in [-0.05, 0) is 68.6 Å². The molecule has 4 heteroatoms.